The minimum absolute atomic E-state index is 0.726. The van der Waals surface area contributed by atoms with E-state index in [1.165, 1.54) is 58.4 Å². The Morgan fingerprint density at radius 1 is 1.05 bits per heavy atom. The molecule has 0 spiro atoms. The van der Waals surface area contributed by atoms with Gasteiger partial charge < -0.3 is 9.80 Å². The highest BCUT2D eigenvalue weighted by molar-refractivity contribution is 4.83. The molecule has 2 rings (SSSR count). The minimum Gasteiger partial charge on any atom is -0.303 e. The number of nitrogens with zero attached hydrogens (tertiary/aromatic N) is 2. The zero-order valence-electron chi connectivity index (χ0n) is 13.6. The van der Waals surface area contributed by atoms with Crippen LogP contribution in [0.2, 0.25) is 0 Å². The van der Waals surface area contributed by atoms with E-state index in [4.69, 9.17) is 0 Å². The largest absolute Gasteiger partial charge is 0.303 e. The zero-order chi connectivity index (χ0) is 13.8. The van der Waals surface area contributed by atoms with Gasteiger partial charge in [0.15, 0.2) is 0 Å². The van der Waals surface area contributed by atoms with Crippen LogP contribution in [0.3, 0.4) is 0 Å². The summed E-state index contributed by atoms with van der Waals surface area (Å²) in [6.07, 6.45) is 5.68. The van der Waals surface area contributed by atoms with Gasteiger partial charge in [-0.2, -0.15) is 0 Å². The molecule has 0 bridgehead atoms. The Labute approximate surface area is 120 Å². The molecular weight excluding hydrogens is 232 g/mol. The lowest BCUT2D eigenvalue weighted by Gasteiger charge is -2.42. The van der Waals surface area contributed by atoms with Crippen molar-refractivity contribution in [1.29, 1.82) is 0 Å². The topological polar surface area (TPSA) is 6.48 Å². The molecule has 0 aromatic carbocycles. The summed E-state index contributed by atoms with van der Waals surface area (Å²) in [6, 6.07) is 0.726. The second-order valence-corrected chi connectivity index (χ2v) is 7.27. The molecule has 112 valence electrons. The summed E-state index contributed by atoms with van der Waals surface area (Å²) >= 11 is 0. The predicted molar refractivity (Wildman–Crippen MR) is 83.4 cm³/mol. The van der Waals surface area contributed by atoms with Crippen molar-refractivity contribution in [3.8, 4) is 0 Å². The van der Waals surface area contributed by atoms with E-state index in [1.54, 1.807) is 0 Å². The first-order valence-electron chi connectivity index (χ1n) is 8.56. The molecule has 2 nitrogen and oxygen atoms in total. The predicted octanol–water partition coefficient (Wildman–Crippen LogP) is 3.47. The van der Waals surface area contributed by atoms with Gasteiger partial charge in [-0.05, 0) is 70.5 Å². The molecule has 0 unspecified atom stereocenters. The van der Waals surface area contributed by atoms with Crippen molar-refractivity contribution < 1.29 is 0 Å². The van der Waals surface area contributed by atoms with Crippen LogP contribution in [0.4, 0.5) is 0 Å². The van der Waals surface area contributed by atoms with Crippen molar-refractivity contribution in [3.63, 3.8) is 0 Å². The third-order valence-corrected chi connectivity index (χ3v) is 5.62. The maximum atomic E-state index is 2.75. The Kier molecular flexibility index (Phi) is 5.70. The summed E-state index contributed by atoms with van der Waals surface area (Å²) in [5.41, 5.74) is 0. The number of hydrogen-bond donors (Lipinski definition) is 0. The lowest BCUT2D eigenvalue weighted by molar-refractivity contribution is 0.0667. The average molecular weight is 266 g/mol. The quantitative estimate of drug-likeness (QED) is 0.769. The van der Waals surface area contributed by atoms with Crippen LogP contribution in [0.15, 0.2) is 0 Å². The van der Waals surface area contributed by atoms with Gasteiger partial charge in [-0.25, -0.2) is 0 Å². The minimum atomic E-state index is 0.726. The molecule has 0 N–H and O–H groups in total. The third kappa shape index (κ3) is 4.19. The van der Waals surface area contributed by atoms with E-state index in [9.17, 15) is 0 Å². The van der Waals surface area contributed by atoms with Crippen molar-refractivity contribution >= 4 is 0 Å². The third-order valence-electron chi connectivity index (χ3n) is 5.62. The molecule has 2 saturated heterocycles. The summed E-state index contributed by atoms with van der Waals surface area (Å²) in [5, 5.41) is 0. The van der Waals surface area contributed by atoms with Gasteiger partial charge in [0.2, 0.25) is 0 Å². The Balaban J connectivity index is 1.75. The van der Waals surface area contributed by atoms with E-state index in [-0.39, 0.29) is 0 Å². The first kappa shape index (κ1) is 15.3. The number of rotatable bonds is 4. The fraction of sp³-hybridized carbons (Fsp3) is 1.00. The normalized spacial score (nSPS) is 32.1. The Bertz CT molecular complexity index is 256. The van der Waals surface area contributed by atoms with E-state index in [0.29, 0.717) is 0 Å². The van der Waals surface area contributed by atoms with Crippen LogP contribution in [-0.2, 0) is 0 Å². The standard InChI is InChI=1S/C17H34N2/c1-5-16-6-9-18(10-7-16)13-17-8-11-19(14(2)3)12-15(17)4/h14-17H,5-13H2,1-4H3/t15-,17-/m0/s1. The molecular formula is C17H34N2. The van der Waals surface area contributed by atoms with Gasteiger partial charge in [0.05, 0.1) is 0 Å². The molecule has 2 aliphatic heterocycles. The molecule has 2 atom stereocenters. The maximum Gasteiger partial charge on any atom is 0.00387 e. The first-order valence-corrected chi connectivity index (χ1v) is 8.56. The number of hydrogen-bond acceptors (Lipinski definition) is 2. The van der Waals surface area contributed by atoms with Crippen LogP contribution in [0.25, 0.3) is 0 Å². The summed E-state index contributed by atoms with van der Waals surface area (Å²) < 4.78 is 0. The zero-order valence-corrected chi connectivity index (χ0v) is 13.6. The molecule has 0 aromatic rings. The van der Waals surface area contributed by atoms with Crippen LogP contribution >= 0.6 is 0 Å². The van der Waals surface area contributed by atoms with E-state index in [1.807, 2.05) is 0 Å². The monoisotopic (exact) mass is 266 g/mol. The lowest BCUT2D eigenvalue weighted by Crippen LogP contribution is -2.47. The van der Waals surface area contributed by atoms with E-state index in [0.717, 1.165) is 23.8 Å². The van der Waals surface area contributed by atoms with E-state index < -0.39 is 0 Å². The molecule has 2 heterocycles. The Hall–Kier alpha value is -0.0800. The van der Waals surface area contributed by atoms with Gasteiger partial charge in [-0.3, -0.25) is 0 Å². The Morgan fingerprint density at radius 3 is 2.26 bits per heavy atom. The van der Waals surface area contributed by atoms with Gasteiger partial charge in [0, 0.05) is 19.1 Å². The highest BCUT2D eigenvalue weighted by Crippen LogP contribution is 2.27. The van der Waals surface area contributed by atoms with Crippen LogP contribution in [0.5, 0.6) is 0 Å². The van der Waals surface area contributed by atoms with Crippen LogP contribution in [0.1, 0.15) is 53.4 Å². The van der Waals surface area contributed by atoms with Crippen LogP contribution in [-0.4, -0.2) is 48.6 Å². The SMILES string of the molecule is CCC1CCN(C[C@@H]2CCN(C(C)C)C[C@@H]2C)CC1. The summed E-state index contributed by atoms with van der Waals surface area (Å²) in [4.78, 5) is 5.41. The van der Waals surface area contributed by atoms with Gasteiger partial charge in [-0.15, -0.1) is 0 Å². The average Bonchev–Trinajstić information content (AvgIpc) is 2.41. The Morgan fingerprint density at radius 2 is 1.74 bits per heavy atom. The highest BCUT2D eigenvalue weighted by Gasteiger charge is 2.29. The molecule has 0 saturated carbocycles. The van der Waals surface area contributed by atoms with Gasteiger partial charge in [-0.1, -0.05) is 20.3 Å². The number of piperidine rings is 2. The molecule has 0 aromatic heterocycles. The molecule has 19 heavy (non-hydrogen) atoms. The molecule has 0 aliphatic carbocycles. The van der Waals surface area contributed by atoms with Crippen molar-refractivity contribution in [1.82, 2.24) is 9.80 Å². The number of likely N-dealkylation sites (tertiary alicyclic amines) is 2. The smallest absolute Gasteiger partial charge is 0.00387 e. The van der Waals surface area contributed by atoms with Gasteiger partial charge in [0.1, 0.15) is 0 Å². The van der Waals surface area contributed by atoms with Gasteiger partial charge >= 0.3 is 0 Å². The molecule has 0 amide bonds. The first-order chi connectivity index (χ1) is 9.10. The second kappa shape index (κ2) is 7.08. The maximum absolute atomic E-state index is 2.75. The summed E-state index contributed by atoms with van der Waals surface area (Å²) in [5.74, 6) is 2.82. The summed E-state index contributed by atoms with van der Waals surface area (Å²) in [7, 11) is 0. The molecule has 2 fully saturated rings. The van der Waals surface area contributed by atoms with Crippen LogP contribution in [0, 0.1) is 17.8 Å². The summed E-state index contributed by atoms with van der Waals surface area (Å²) in [6.45, 7) is 16.2. The second-order valence-electron chi connectivity index (χ2n) is 7.27. The molecule has 2 aliphatic rings. The van der Waals surface area contributed by atoms with Crippen molar-refractivity contribution in [3.05, 3.63) is 0 Å². The van der Waals surface area contributed by atoms with Crippen molar-refractivity contribution in [2.45, 2.75) is 59.4 Å². The van der Waals surface area contributed by atoms with Crippen LogP contribution < -0.4 is 0 Å². The molecule has 2 heteroatoms. The fourth-order valence-corrected chi connectivity index (χ4v) is 3.88. The van der Waals surface area contributed by atoms with Crippen molar-refractivity contribution in [2.75, 3.05) is 32.7 Å². The molecule has 0 radical (unpaired) electrons. The van der Waals surface area contributed by atoms with Gasteiger partial charge in [0.25, 0.3) is 0 Å². The fourth-order valence-electron chi connectivity index (χ4n) is 3.88. The van der Waals surface area contributed by atoms with E-state index >= 15 is 0 Å². The van der Waals surface area contributed by atoms with Crippen molar-refractivity contribution in [2.24, 2.45) is 17.8 Å². The highest BCUT2D eigenvalue weighted by atomic mass is 15.2. The van der Waals surface area contributed by atoms with E-state index in [2.05, 4.69) is 37.5 Å². The lowest BCUT2D eigenvalue weighted by atomic mass is 9.85.